The molecule has 5 aromatic rings. The van der Waals surface area contributed by atoms with Crippen LogP contribution < -0.4 is 10.6 Å². The molecule has 0 fully saturated rings. The number of benzene rings is 1. The average Bonchev–Trinajstić information content (AvgIpc) is 3.33. The molecule has 9 heteroatoms. The minimum atomic E-state index is -0.959. The van der Waals surface area contributed by atoms with Gasteiger partial charge < -0.3 is 15.6 Å². The summed E-state index contributed by atoms with van der Waals surface area (Å²) in [7, 11) is 0. The molecule has 0 atom stereocenters. The molecular weight excluding hydrogens is 450 g/mol. The zero-order valence-electron chi connectivity index (χ0n) is 18.4. The number of carbonyl (C=O) groups excluding carboxylic acids is 1. The van der Waals surface area contributed by atoms with Crippen LogP contribution in [0.15, 0.2) is 79.4 Å². The molecule has 0 saturated heterocycles. The third-order valence-corrected chi connectivity index (χ3v) is 5.51. The molecule has 0 radical (unpaired) electrons. The normalized spacial score (nSPS) is 10.9. The molecule has 0 spiro atoms. The Labute approximate surface area is 199 Å². The molecule has 0 aliphatic heterocycles. The van der Waals surface area contributed by atoms with Crippen LogP contribution in [0.2, 0.25) is 0 Å². The average molecular weight is 470 g/mol. The van der Waals surface area contributed by atoms with Crippen molar-refractivity contribution in [2.75, 3.05) is 5.32 Å². The summed E-state index contributed by atoms with van der Waals surface area (Å²) in [5.74, 6) is -1.89. The van der Waals surface area contributed by atoms with Gasteiger partial charge in [-0.25, -0.2) is 18.7 Å². The van der Waals surface area contributed by atoms with Gasteiger partial charge in [0.2, 0.25) is 0 Å². The van der Waals surface area contributed by atoms with Gasteiger partial charge in [0.05, 0.1) is 17.8 Å². The van der Waals surface area contributed by atoms with Crippen molar-refractivity contribution in [1.29, 1.82) is 0 Å². The first-order chi connectivity index (χ1) is 17.1. The molecule has 4 aromatic heterocycles. The van der Waals surface area contributed by atoms with E-state index >= 15 is 0 Å². The zero-order valence-corrected chi connectivity index (χ0v) is 18.4. The minimum Gasteiger partial charge on any atom is -0.364 e. The van der Waals surface area contributed by atoms with Crippen molar-refractivity contribution < 1.29 is 13.6 Å². The number of H-pyrrole nitrogens is 1. The van der Waals surface area contributed by atoms with Gasteiger partial charge >= 0.3 is 0 Å². The Balaban J connectivity index is 1.29. The lowest BCUT2D eigenvalue weighted by Gasteiger charge is -2.12. The van der Waals surface area contributed by atoms with Gasteiger partial charge in [0.25, 0.3) is 5.91 Å². The van der Waals surface area contributed by atoms with Crippen LogP contribution >= 0.6 is 0 Å². The van der Waals surface area contributed by atoms with Crippen molar-refractivity contribution in [1.82, 2.24) is 25.3 Å². The van der Waals surface area contributed by atoms with Crippen LogP contribution in [-0.4, -0.2) is 25.8 Å². The van der Waals surface area contributed by atoms with Crippen molar-refractivity contribution in [3.63, 3.8) is 0 Å². The molecule has 3 N–H and O–H groups in total. The maximum atomic E-state index is 13.4. The summed E-state index contributed by atoms with van der Waals surface area (Å²) in [6.07, 6.45) is 6.97. The highest BCUT2D eigenvalue weighted by molar-refractivity contribution is 5.98. The van der Waals surface area contributed by atoms with E-state index in [1.165, 1.54) is 6.07 Å². The molecule has 1 aromatic carbocycles. The maximum Gasteiger partial charge on any atom is 0.255 e. The Hall–Kier alpha value is -4.66. The van der Waals surface area contributed by atoms with Crippen LogP contribution in [0.1, 0.15) is 21.6 Å². The van der Waals surface area contributed by atoms with Crippen molar-refractivity contribution in [3.05, 3.63) is 108 Å². The highest BCUT2D eigenvalue weighted by atomic mass is 19.2. The fourth-order valence-corrected chi connectivity index (χ4v) is 3.77. The lowest BCUT2D eigenvalue weighted by molar-refractivity contribution is 0.0951. The van der Waals surface area contributed by atoms with Crippen molar-refractivity contribution in [3.8, 4) is 11.1 Å². The quantitative estimate of drug-likeness (QED) is 0.316. The SMILES string of the molecule is O=C(NCc1ccc(F)c(F)c1)c1cccnc1NCc1cc(-c2c[nH]c3ncccc23)ccn1. The summed E-state index contributed by atoms with van der Waals surface area (Å²) in [4.78, 5) is 29.0. The van der Waals surface area contributed by atoms with E-state index < -0.39 is 17.5 Å². The molecule has 5 rings (SSSR count). The smallest absolute Gasteiger partial charge is 0.255 e. The van der Waals surface area contributed by atoms with Gasteiger partial charge in [0.15, 0.2) is 11.6 Å². The fourth-order valence-electron chi connectivity index (χ4n) is 3.77. The summed E-state index contributed by atoms with van der Waals surface area (Å²) in [5.41, 5.74) is 4.36. The van der Waals surface area contributed by atoms with Crippen LogP contribution in [-0.2, 0) is 13.1 Å². The summed E-state index contributed by atoms with van der Waals surface area (Å²) < 4.78 is 26.6. The maximum absolute atomic E-state index is 13.4. The molecule has 0 unspecified atom stereocenters. The predicted molar refractivity (Wildman–Crippen MR) is 128 cm³/mol. The Morgan fingerprint density at radius 3 is 2.63 bits per heavy atom. The highest BCUT2D eigenvalue weighted by Crippen LogP contribution is 2.27. The Kier molecular flexibility index (Phi) is 6.13. The Morgan fingerprint density at radius 2 is 1.74 bits per heavy atom. The second-order valence-corrected chi connectivity index (χ2v) is 7.82. The number of hydrogen-bond donors (Lipinski definition) is 3. The second kappa shape index (κ2) is 9.68. The van der Waals surface area contributed by atoms with Crippen LogP contribution in [0.4, 0.5) is 14.6 Å². The first-order valence-corrected chi connectivity index (χ1v) is 10.9. The number of pyridine rings is 3. The zero-order chi connectivity index (χ0) is 24.2. The number of nitrogens with zero attached hydrogens (tertiary/aromatic N) is 3. The van der Waals surface area contributed by atoms with E-state index in [0.717, 1.165) is 40.0 Å². The largest absolute Gasteiger partial charge is 0.364 e. The van der Waals surface area contributed by atoms with Gasteiger partial charge in [-0.1, -0.05) is 6.07 Å². The van der Waals surface area contributed by atoms with Crippen LogP contribution in [0.25, 0.3) is 22.2 Å². The van der Waals surface area contributed by atoms with Gasteiger partial charge in [-0.15, -0.1) is 0 Å². The van der Waals surface area contributed by atoms with E-state index in [1.807, 2.05) is 30.5 Å². The number of fused-ring (bicyclic) bond motifs is 1. The van der Waals surface area contributed by atoms with Crippen molar-refractivity contribution in [2.45, 2.75) is 13.1 Å². The summed E-state index contributed by atoms with van der Waals surface area (Å²) in [5, 5.41) is 6.90. The molecule has 7 nitrogen and oxygen atoms in total. The molecule has 0 aliphatic rings. The summed E-state index contributed by atoms with van der Waals surface area (Å²) >= 11 is 0. The molecule has 1 amide bonds. The van der Waals surface area contributed by atoms with Crippen LogP contribution in [0, 0.1) is 11.6 Å². The minimum absolute atomic E-state index is 0.0491. The first-order valence-electron chi connectivity index (χ1n) is 10.9. The van der Waals surface area contributed by atoms with E-state index in [0.29, 0.717) is 23.5 Å². The molecule has 0 bridgehead atoms. The molecule has 0 saturated carbocycles. The number of carbonyl (C=O) groups is 1. The van der Waals surface area contributed by atoms with Crippen molar-refractivity contribution in [2.24, 2.45) is 0 Å². The fraction of sp³-hybridized carbons (Fsp3) is 0.0769. The van der Waals surface area contributed by atoms with E-state index in [1.54, 1.807) is 30.7 Å². The molecule has 174 valence electrons. The number of aromatic nitrogens is 4. The summed E-state index contributed by atoms with van der Waals surface area (Å²) in [6.45, 7) is 0.391. The monoisotopic (exact) mass is 470 g/mol. The predicted octanol–water partition coefficient (Wildman–Crippen LogP) is 4.84. The molecular formula is C26H20F2N6O. The first kappa shape index (κ1) is 22.1. The lowest BCUT2D eigenvalue weighted by atomic mass is 10.1. The third kappa shape index (κ3) is 4.84. The number of aromatic amines is 1. The van der Waals surface area contributed by atoms with E-state index in [2.05, 4.69) is 30.6 Å². The lowest BCUT2D eigenvalue weighted by Crippen LogP contribution is -2.24. The number of hydrogen-bond acceptors (Lipinski definition) is 5. The molecule has 0 aliphatic carbocycles. The van der Waals surface area contributed by atoms with E-state index in [4.69, 9.17) is 0 Å². The van der Waals surface area contributed by atoms with Crippen LogP contribution in [0.3, 0.4) is 0 Å². The van der Waals surface area contributed by atoms with Gasteiger partial charge in [-0.05, 0) is 59.7 Å². The highest BCUT2D eigenvalue weighted by Gasteiger charge is 2.13. The van der Waals surface area contributed by atoms with E-state index in [-0.39, 0.29) is 6.54 Å². The van der Waals surface area contributed by atoms with E-state index in [9.17, 15) is 13.6 Å². The molecule has 35 heavy (non-hydrogen) atoms. The van der Waals surface area contributed by atoms with Gasteiger partial charge in [0.1, 0.15) is 11.5 Å². The number of amides is 1. The van der Waals surface area contributed by atoms with Gasteiger partial charge in [0, 0.05) is 42.3 Å². The third-order valence-electron chi connectivity index (χ3n) is 5.51. The number of rotatable bonds is 7. The van der Waals surface area contributed by atoms with Crippen molar-refractivity contribution >= 4 is 22.8 Å². The standard InChI is InChI=1S/C26H20F2N6O/c27-22-6-5-16(11-23(22)28)13-34-26(35)20-4-2-9-31-25(20)32-14-18-12-17(7-10-29-18)21-15-33-24-19(21)3-1-8-30-24/h1-12,15H,13-14H2,(H,30,33)(H,31,32)(H,34,35). The topological polar surface area (TPSA) is 95.6 Å². The summed E-state index contributed by atoms with van der Waals surface area (Å²) in [6, 6.07) is 14.6. The van der Waals surface area contributed by atoms with Gasteiger partial charge in [-0.2, -0.15) is 0 Å². The van der Waals surface area contributed by atoms with Gasteiger partial charge in [-0.3, -0.25) is 9.78 Å². The number of halogens is 2. The number of anilines is 1. The van der Waals surface area contributed by atoms with Crippen LogP contribution in [0.5, 0.6) is 0 Å². The second-order valence-electron chi connectivity index (χ2n) is 7.82. The Bertz CT molecular complexity index is 1520. The molecule has 4 heterocycles. The Morgan fingerprint density at radius 1 is 0.886 bits per heavy atom. The number of nitrogens with one attached hydrogen (secondary N) is 3.